The highest BCUT2D eigenvalue weighted by molar-refractivity contribution is 6.32. The van der Waals surface area contributed by atoms with Crippen molar-refractivity contribution < 1.29 is 32.7 Å². The topological polar surface area (TPSA) is 102 Å². The minimum atomic E-state index is -4.58. The second kappa shape index (κ2) is 13.1. The first kappa shape index (κ1) is 28.7. The van der Waals surface area contributed by atoms with E-state index >= 15 is 0 Å². The Balaban J connectivity index is 0.000000244. The lowest BCUT2D eigenvalue weighted by atomic mass is 9.91. The molecule has 7 nitrogen and oxygen atoms in total. The number of carboxylic acid groups (broad SMARTS) is 1. The van der Waals surface area contributed by atoms with Crippen molar-refractivity contribution in [3.8, 4) is 11.5 Å². The summed E-state index contributed by atoms with van der Waals surface area (Å²) in [7, 11) is 0. The number of nitro benzene ring substituents is 1. The number of hydrogen-bond donors (Lipinski definition) is 2. The van der Waals surface area contributed by atoms with Crippen molar-refractivity contribution in [1.82, 2.24) is 5.32 Å². The molecule has 0 saturated heterocycles. The van der Waals surface area contributed by atoms with E-state index in [1.165, 1.54) is 64.2 Å². The standard InChI is InChI=1S/C14H7ClF3NO5.C12H23N/c15-10-5-7(14(16,17)18)1-4-12(10)24-8-2-3-11(19(22)23)9(6-8)13(20)21;1-3-7-11(8-4-1)13-12-9-5-2-6-10-12/h1-6H,(H,20,21);11-13H,1-10H2. The quantitative estimate of drug-likeness (QED) is 0.283. The molecule has 0 radical (unpaired) electrons. The first-order valence-electron chi connectivity index (χ1n) is 12.4. The summed E-state index contributed by atoms with van der Waals surface area (Å²) in [6.07, 6.45) is 9.99. The van der Waals surface area contributed by atoms with Crippen LogP contribution < -0.4 is 10.1 Å². The van der Waals surface area contributed by atoms with Crippen LogP contribution in [-0.4, -0.2) is 28.1 Å². The molecule has 4 rings (SSSR count). The Morgan fingerprint density at radius 3 is 2.00 bits per heavy atom. The summed E-state index contributed by atoms with van der Waals surface area (Å²) in [6.45, 7) is 0. The summed E-state index contributed by atoms with van der Waals surface area (Å²) >= 11 is 5.72. The SMILES string of the molecule is C1CCC(NC2CCCCC2)CC1.O=C(O)c1cc(Oc2ccc(C(F)(F)F)cc2Cl)ccc1[N+](=O)[O-]. The molecular formula is C26H30ClF3N2O5. The molecular weight excluding hydrogens is 513 g/mol. The first-order valence-corrected chi connectivity index (χ1v) is 12.7. The van der Waals surface area contributed by atoms with Crippen LogP contribution in [0.5, 0.6) is 11.5 Å². The second-order valence-corrected chi connectivity index (χ2v) is 9.73. The third-order valence-corrected chi connectivity index (χ3v) is 6.86. The number of hydrogen-bond acceptors (Lipinski definition) is 5. The van der Waals surface area contributed by atoms with E-state index in [9.17, 15) is 28.1 Å². The van der Waals surface area contributed by atoms with Gasteiger partial charge in [-0.05, 0) is 49.9 Å². The van der Waals surface area contributed by atoms with E-state index in [2.05, 4.69) is 5.32 Å². The fourth-order valence-electron chi connectivity index (χ4n) is 4.67. The Kier molecular flexibility index (Phi) is 10.2. The van der Waals surface area contributed by atoms with Gasteiger partial charge in [-0.2, -0.15) is 13.2 Å². The lowest BCUT2D eigenvalue weighted by Gasteiger charge is -2.30. The molecule has 0 amide bonds. The number of alkyl halides is 3. The molecule has 2 fully saturated rings. The van der Waals surface area contributed by atoms with Crippen molar-refractivity contribution in [3.63, 3.8) is 0 Å². The van der Waals surface area contributed by atoms with E-state index in [0.29, 0.717) is 6.07 Å². The number of ether oxygens (including phenoxy) is 1. The van der Waals surface area contributed by atoms with E-state index in [4.69, 9.17) is 21.4 Å². The van der Waals surface area contributed by atoms with Crippen LogP contribution in [0.4, 0.5) is 18.9 Å². The second-order valence-electron chi connectivity index (χ2n) is 9.32. The van der Waals surface area contributed by atoms with Crippen molar-refractivity contribution in [2.45, 2.75) is 82.5 Å². The van der Waals surface area contributed by atoms with Crippen molar-refractivity contribution >= 4 is 23.3 Å². The van der Waals surface area contributed by atoms with Gasteiger partial charge in [-0.15, -0.1) is 0 Å². The van der Waals surface area contributed by atoms with Crippen LogP contribution in [0.15, 0.2) is 36.4 Å². The van der Waals surface area contributed by atoms with Crippen molar-refractivity contribution in [1.29, 1.82) is 0 Å². The van der Waals surface area contributed by atoms with Gasteiger partial charge in [-0.1, -0.05) is 50.1 Å². The van der Waals surface area contributed by atoms with Crippen LogP contribution in [0.25, 0.3) is 0 Å². The number of carboxylic acids is 1. The van der Waals surface area contributed by atoms with Crippen LogP contribution in [0, 0.1) is 10.1 Å². The number of nitro groups is 1. The number of aromatic carboxylic acids is 1. The number of carbonyl (C=O) groups is 1. The van der Waals surface area contributed by atoms with Gasteiger partial charge in [0, 0.05) is 24.2 Å². The molecule has 0 atom stereocenters. The van der Waals surface area contributed by atoms with E-state index in [1.807, 2.05) is 0 Å². The lowest BCUT2D eigenvalue weighted by Crippen LogP contribution is -2.40. The number of nitrogens with one attached hydrogen (secondary N) is 1. The predicted octanol–water partition coefficient (Wildman–Crippen LogP) is 8.00. The molecule has 202 valence electrons. The summed E-state index contributed by atoms with van der Waals surface area (Å²) in [6, 6.07) is 7.01. The Hall–Kier alpha value is -2.85. The van der Waals surface area contributed by atoms with Crippen LogP contribution >= 0.6 is 11.6 Å². The van der Waals surface area contributed by atoms with Crippen molar-refractivity contribution in [3.05, 3.63) is 62.7 Å². The highest BCUT2D eigenvalue weighted by atomic mass is 35.5. The van der Waals surface area contributed by atoms with Gasteiger partial charge in [0.15, 0.2) is 0 Å². The maximum atomic E-state index is 12.6. The largest absolute Gasteiger partial charge is 0.477 e. The van der Waals surface area contributed by atoms with Gasteiger partial charge in [-0.3, -0.25) is 10.1 Å². The van der Waals surface area contributed by atoms with Crippen LogP contribution in [0.1, 0.15) is 80.1 Å². The molecule has 2 N–H and O–H groups in total. The van der Waals surface area contributed by atoms with Crippen LogP contribution in [0.2, 0.25) is 5.02 Å². The minimum Gasteiger partial charge on any atom is -0.477 e. The minimum absolute atomic E-state index is 0.125. The van der Waals surface area contributed by atoms with Gasteiger partial charge in [-0.25, -0.2) is 4.79 Å². The molecule has 2 aromatic rings. The molecule has 0 aliphatic heterocycles. The molecule has 0 spiro atoms. The average Bonchev–Trinajstić information content (AvgIpc) is 2.86. The number of halogens is 4. The highest BCUT2D eigenvalue weighted by Crippen LogP contribution is 2.37. The fourth-order valence-corrected chi connectivity index (χ4v) is 4.89. The lowest BCUT2D eigenvalue weighted by molar-refractivity contribution is -0.385. The maximum absolute atomic E-state index is 12.6. The Morgan fingerprint density at radius 1 is 0.973 bits per heavy atom. The Morgan fingerprint density at radius 2 is 1.54 bits per heavy atom. The summed E-state index contributed by atoms with van der Waals surface area (Å²) in [5.41, 5.74) is -2.25. The van der Waals surface area contributed by atoms with Gasteiger partial charge in [0.25, 0.3) is 5.69 Å². The van der Waals surface area contributed by atoms with Crippen molar-refractivity contribution in [2.75, 3.05) is 0 Å². The summed E-state index contributed by atoms with van der Waals surface area (Å²) < 4.78 is 42.9. The van der Waals surface area contributed by atoms with Gasteiger partial charge in [0.1, 0.15) is 17.1 Å². The van der Waals surface area contributed by atoms with E-state index < -0.39 is 33.9 Å². The first-order chi connectivity index (χ1) is 17.5. The number of rotatable bonds is 6. The summed E-state index contributed by atoms with van der Waals surface area (Å²) in [4.78, 5) is 20.9. The maximum Gasteiger partial charge on any atom is 0.416 e. The molecule has 0 aromatic heterocycles. The third kappa shape index (κ3) is 8.60. The molecule has 2 aliphatic carbocycles. The number of nitrogens with zero attached hydrogens (tertiary/aromatic N) is 1. The predicted molar refractivity (Wildman–Crippen MR) is 133 cm³/mol. The molecule has 2 aromatic carbocycles. The normalized spacial score (nSPS) is 17.0. The fraction of sp³-hybridized carbons (Fsp3) is 0.500. The molecule has 37 heavy (non-hydrogen) atoms. The van der Waals surface area contributed by atoms with Gasteiger partial charge in [0.2, 0.25) is 0 Å². The summed E-state index contributed by atoms with van der Waals surface area (Å²) in [5, 5.41) is 23.2. The van der Waals surface area contributed by atoms with Crippen LogP contribution in [-0.2, 0) is 6.18 Å². The molecule has 11 heteroatoms. The van der Waals surface area contributed by atoms with Crippen LogP contribution in [0.3, 0.4) is 0 Å². The third-order valence-electron chi connectivity index (χ3n) is 6.56. The zero-order valence-electron chi connectivity index (χ0n) is 20.2. The zero-order chi connectivity index (χ0) is 27.0. The molecule has 0 unspecified atom stereocenters. The van der Waals surface area contributed by atoms with E-state index in [0.717, 1.165) is 42.4 Å². The van der Waals surface area contributed by atoms with Gasteiger partial charge < -0.3 is 15.2 Å². The monoisotopic (exact) mass is 542 g/mol. The zero-order valence-corrected chi connectivity index (χ0v) is 21.0. The van der Waals surface area contributed by atoms with Crippen molar-refractivity contribution in [2.24, 2.45) is 0 Å². The molecule has 0 heterocycles. The smallest absolute Gasteiger partial charge is 0.416 e. The molecule has 2 saturated carbocycles. The van der Waals surface area contributed by atoms with E-state index in [-0.39, 0.29) is 16.5 Å². The Bertz CT molecular complexity index is 1070. The molecule has 0 bridgehead atoms. The van der Waals surface area contributed by atoms with E-state index in [1.54, 1.807) is 0 Å². The van der Waals surface area contributed by atoms with Gasteiger partial charge >= 0.3 is 12.1 Å². The molecule has 2 aliphatic rings. The summed E-state index contributed by atoms with van der Waals surface area (Å²) in [5.74, 6) is -1.83. The average molecular weight is 543 g/mol. The highest BCUT2D eigenvalue weighted by Gasteiger charge is 2.31. The Labute approximate surface area is 218 Å². The van der Waals surface area contributed by atoms with Gasteiger partial charge in [0.05, 0.1) is 15.5 Å². The number of benzene rings is 2.